The normalized spacial score (nSPS) is 10.7. The van der Waals surface area contributed by atoms with E-state index in [0.717, 1.165) is 4.47 Å². The Hall–Kier alpha value is -2.28. The molecule has 7 heteroatoms. The number of furan rings is 1. The monoisotopic (exact) mass is 395 g/mol. The Kier molecular flexibility index (Phi) is 5.66. The van der Waals surface area contributed by atoms with Gasteiger partial charge in [0.2, 0.25) is 0 Å². The van der Waals surface area contributed by atoms with Gasteiger partial charge in [0.25, 0.3) is 5.91 Å². The largest absolute Gasteiger partial charge is 0.491 e. The lowest BCUT2D eigenvalue weighted by Crippen LogP contribution is -2.16. The van der Waals surface area contributed by atoms with Crippen molar-refractivity contribution in [3.63, 3.8) is 0 Å². The van der Waals surface area contributed by atoms with Crippen molar-refractivity contribution >= 4 is 33.5 Å². The van der Waals surface area contributed by atoms with Crippen molar-refractivity contribution in [3.8, 4) is 5.75 Å². The van der Waals surface area contributed by atoms with Crippen molar-refractivity contribution in [2.45, 2.75) is 33.3 Å². The molecule has 0 atom stereocenters. The predicted octanol–water partition coefficient (Wildman–Crippen LogP) is 4.02. The number of hydrogen-bond donors (Lipinski definition) is 2. The van der Waals surface area contributed by atoms with Crippen LogP contribution >= 0.6 is 15.9 Å². The molecule has 0 aliphatic heterocycles. The van der Waals surface area contributed by atoms with Crippen molar-refractivity contribution in [3.05, 3.63) is 45.8 Å². The maximum atomic E-state index is 12.5. The molecule has 0 aliphatic rings. The van der Waals surface area contributed by atoms with Crippen LogP contribution in [0.2, 0.25) is 0 Å². The Balaban J connectivity index is 2.25. The maximum Gasteiger partial charge on any atom is 0.311 e. The number of rotatable bonds is 6. The smallest absolute Gasteiger partial charge is 0.311 e. The van der Waals surface area contributed by atoms with E-state index in [2.05, 4.69) is 21.2 Å². The molecule has 2 rings (SSSR count). The van der Waals surface area contributed by atoms with E-state index in [4.69, 9.17) is 14.3 Å². The van der Waals surface area contributed by atoms with Gasteiger partial charge in [-0.15, -0.1) is 0 Å². The lowest BCUT2D eigenvalue weighted by molar-refractivity contribution is -0.136. The van der Waals surface area contributed by atoms with E-state index in [1.54, 1.807) is 25.1 Å². The van der Waals surface area contributed by atoms with E-state index >= 15 is 0 Å². The number of aryl methyl sites for hydroxylation is 1. The lowest BCUT2D eigenvalue weighted by Gasteiger charge is -2.12. The molecular formula is C17H18BrNO5. The molecule has 0 saturated carbocycles. The van der Waals surface area contributed by atoms with Crippen LogP contribution in [-0.4, -0.2) is 23.1 Å². The first-order valence-electron chi connectivity index (χ1n) is 7.33. The van der Waals surface area contributed by atoms with Crippen LogP contribution in [0.5, 0.6) is 5.75 Å². The van der Waals surface area contributed by atoms with Crippen LogP contribution in [0.25, 0.3) is 0 Å². The van der Waals surface area contributed by atoms with Gasteiger partial charge in [-0.1, -0.05) is 15.9 Å². The maximum absolute atomic E-state index is 12.5. The predicted molar refractivity (Wildman–Crippen MR) is 92.6 cm³/mol. The number of ether oxygens (including phenoxy) is 1. The number of carbonyl (C=O) groups is 2. The zero-order valence-corrected chi connectivity index (χ0v) is 15.1. The lowest BCUT2D eigenvalue weighted by atomic mass is 10.1. The second-order valence-electron chi connectivity index (χ2n) is 5.58. The number of hydrogen-bond acceptors (Lipinski definition) is 4. The van der Waals surface area contributed by atoms with Crippen molar-refractivity contribution in [2.75, 3.05) is 5.32 Å². The fourth-order valence-electron chi connectivity index (χ4n) is 2.24. The molecule has 6 nitrogen and oxygen atoms in total. The average Bonchev–Trinajstić information content (AvgIpc) is 2.77. The summed E-state index contributed by atoms with van der Waals surface area (Å²) in [6, 6.07) is 5.24. The minimum atomic E-state index is -1.06. The minimum Gasteiger partial charge on any atom is -0.491 e. The summed E-state index contributed by atoms with van der Waals surface area (Å²) in [5.41, 5.74) is 1.35. The summed E-state index contributed by atoms with van der Waals surface area (Å²) in [6.07, 6.45) is 1.03. The Bertz CT molecular complexity index is 766. The number of anilines is 1. The average molecular weight is 396 g/mol. The zero-order chi connectivity index (χ0) is 17.9. The molecule has 1 aromatic heterocycles. The summed E-state index contributed by atoms with van der Waals surface area (Å²) in [7, 11) is 0. The summed E-state index contributed by atoms with van der Waals surface area (Å²) >= 11 is 3.38. The molecule has 1 amide bonds. The highest BCUT2D eigenvalue weighted by molar-refractivity contribution is 9.10. The molecule has 0 saturated heterocycles. The standard InChI is InChI=1S/C17H18BrNO5/c1-9(2)24-13-5-11(18)4-12(6-13)19-17(22)16-10(3)8-23-14(16)7-15(20)21/h4-6,8-9H,7H2,1-3H3,(H,19,22)(H,20,21). The Morgan fingerprint density at radius 1 is 1.33 bits per heavy atom. The van der Waals surface area contributed by atoms with E-state index in [9.17, 15) is 9.59 Å². The van der Waals surface area contributed by atoms with Crippen molar-refractivity contribution < 1.29 is 23.8 Å². The molecule has 24 heavy (non-hydrogen) atoms. The number of halogens is 1. The highest BCUT2D eigenvalue weighted by Gasteiger charge is 2.21. The quantitative estimate of drug-likeness (QED) is 0.770. The fraction of sp³-hybridized carbons (Fsp3) is 0.294. The van der Waals surface area contributed by atoms with Crippen LogP contribution in [0.15, 0.2) is 33.4 Å². The summed E-state index contributed by atoms with van der Waals surface area (Å²) < 4.78 is 11.6. The number of carbonyl (C=O) groups excluding carboxylic acids is 1. The van der Waals surface area contributed by atoms with Gasteiger partial charge in [0.05, 0.1) is 17.9 Å². The van der Waals surface area contributed by atoms with Gasteiger partial charge in [-0.25, -0.2) is 0 Å². The van der Waals surface area contributed by atoms with E-state index in [1.165, 1.54) is 6.26 Å². The summed E-state index contributed by atoms with van der Waals surface area (Å²) in [6.45, 7) is 5.51. The van der Waals surface area contributed by atoms with Crippen molar-refractivity contribution in [1.82, 2.24) is 0 Å². The van der Waals surface area contributed by atoms with Crippen LogP contribution in [0, 0.1) is 6.92 Å². The topological polar surface area (TPSA) is 88.8 Å². The van der Waals surface area contributed by atoms with Gasteiger partial charge in [0.1, 0.15) is 17.9 Å². The molecule has 128 valence electrons. The number of carboxylic acid groups (broad SMARTS) is 1. The first-order valence-corrected chi connectivity index (χ1v) is 8.13. The first kappa shape index (κ1) is 18.1. The van der Waals surface area contributed by atoms with Gasteiger partial charge in [0, 0.05) is 21.8 Å². The third-order valence-electron chi connectivity index (χ3n) is 3.09. The molecule has 0 radical (unpaired) electrons. The van der Waals surface area contributed by atoms with Crippen molar-refractivity contribution in [1.29, 1.82) is 0 Å². The van der Waals surface area contributed by atoms with E-state index in [-0.39, 0.29) is 23.8 Å². The number of amides is 1. The molecule has 0 bridgehead atoms. The van der Waals surface area contributed by atoms with E-state index < -0.39 is 11.9 Å². The zero-order valence-electron chi connectivity index (χ0n) is 13.6. The van der Waals surface area contributed by atoms with Gasteiger partial charge in [-0.05, 0) is 32.9 Å². The number of benzene rings is 1. The molecule has 2 N–H and O–H groups in total. The van der Waals surface area contributed by atoms with E-state index in [0.29, 0.717) is 17.0 Å². The Morgan fingerprint density at radius 2 is 2.04 bits per heavy atom. The third-order valence-corrected chi connectivity index (χ3v) is 3.55. The third kappa shape index (κ3) is 4.61. The van der Waals surface area contributed by atoms with Gasteiger partial charge < -0.3 is 19.6 Å². The fourth-order valence-corrected chi connectivity index (χ4v) is 2.71. The highest BCUT2D eigenvalue weighted by Crippen LogP contribution is 2.27. The molecule has 0 aliphatic carbocycles. The highest BCUT2D eigenvalue weighted by atomic mass is 79.9. The van der Waals surface area contributed by atoms with E-state index in [1.807, 2.05) is 13.8 Å². The van der Waals surface area contributed by atoms with Gasteiger partial charge in [-0.2, -0.15) is 0 Å². The molecule has 0 spiro atoms. The summed E-state index contributed by atoms with van der Waals surface area (Å²) in [5, 5.41) is 11.7. The number of carboxylic acids is 1. The molecule has 2 aromatic rings. The molecule has 0 fully saturated rings. The second-order valence-corrected chi connectivity index (χ2v) is 6.50. The number of nitrogens with one attached hydrogen (secondary N) is 1. The minimum absolute atomic E-state index is 0.00105. The SMILES string of the molecule is Cc1coc(CC(=O)O)c1C(=O)Nc1cc(Br)cc(OC(C)C)c1. The molecule has 1 aromatic carbocycles. The number of aliphatic carboxylic acids is 1. The van der Waals surface area contributed by atoms with Crippen LogP contribution < -0.4 is 10.1 Å². The second kappa shape index (κ2) is 7.53. The van der Waals surface area contributed by atoms with Crippen LogP contribution in [0.3, 0.4) is 0 Å². The van der Waals surface area contributed by atoms with Crippen LogP contribution in [0.1, 0.15) is 35.5 Å². The first-order chi connectivity index (χ1) is 11.3. The molecule has 0 unspecified atom stereocenters. The molecule has 1 heterocycles. The van der Waals surface area contributed by atoms with Crippen molar-refractivity contribution in [2.24, 2.45) is 0 Å². The molecular weight excluding hydrogens is 378 g/mol. The summed E-state index contributed by atoms with van der Waals surface area (Å²) in [5.74, 6) is -0.741. The Morgan fingerprint density at radius 3 is 2.67 bits per heavy atom. The van der Waals surface area contributed by atoms with Gasteiger partial charge in [-0.3, -0.25) is 9.59 Å². The van der Waals surface area contributed by atoms with Gasteiger partial charge in [0.15, 0.2) is 0 Å². The van der Waals surface area contributed by atoms with Crippen LogP contribution in [0.4, 0.5) is 5.69 Å². The Labute approximate surface area is 147 Å². The summed E-state index contributed by atoms with van der Waals surface area (Å²) in [4.78, 5) is 23.4. The van der Waals surface area contributed by atoms with Gasteiger partial charge >= 0.3 is 5.97 Å². The van der Waals surface area contributed by atoms with Crippen LogP contribution in [-0.2, 0) is 11.2 Å².